The Bertz CT molecular complexity index is 1160. The molecule has 0 bridgehead atoms. The van der Waals surface area contributed by atoms with Gasteiger partial charge in [-0.2, -0.15) is 0 Å². The molecule has 0 unspecified atom stereocenters. The van der Waals surface area contributed by atoms with Crippen LogP contribution in [0.3, 0.4) is 0 Å². The van der Waals surface area contributed by atoms with Crippen LogP contribution in [-0.4, -0.2) is 10.9 Å². The van der Waals surface area contributed by atoms with Crippen LogP contribution in [0.1, 0.15) is 21.6 Å². The fourth-order valence-electron chi connectivity index (χ4n) is 3.43. The number of para-hydroxylation sites is 1. The van der Waals surface area contributed by atoms with Crippen molar-refractivity contribution in [3.8, 4) is 11.1 Å². The molecule has 0 saturated heterocycles. The number of pyridine rings is 1. The molecule has 0 atom stereocenters. The summed E-state index contributed by atoms with van der Waals surface area (Å²) >= 11 is 0. The van der Waals surface area contributed by atoms with Crippen LogP contribution < -0.4 is 5.32 Å². The van der Waals surface area contributed by atoms with E-state index >= 15 is 0 Å². The normalized spacial score (nSPS) is 10.8. The first-order valence-electron chi connectivity index (χ1n) is 9.11. The molecular formula is C24H19FN2O. The van der Waals surface area contributed by atoms with Crippen molar-refractivity contribution in [2.24, 2.45) is 0 Å². The van der Waals surface area contributed by atoms with Crippen LogP contribution in [0.15, 0.2) is 78.9 Å². The van der Waals surface area contributed by atoms with Crippen molar-refractivity contribution < 1.29 is 9.18 Å². The average molecular weight is 370 g/mol. The summed E-state index contributed by atoms with van der Waals surface area (Å²) in [6.45, 7) is 2.09. The van der Waals surface area contributed by atoms with Crippen molar-refractivity contribution in [1.29, 1.82) is 0 Å². The SMILES string of the molecule is Cc1nc2ccccc2c(-c2ccccc2)c1C(=O)NCc1cccc(F)c1. The molecule has 1 N–H and O–H groups in total. The van der Waals surface area contributed by atoms with Crippen LogP contribution >= 0.6 is 0 Å². The maximum atomic E-state index is 13.4. The zero-order valence-electron chi connectivity index (χ0n) is 15.4. The Labute approximate surface area is 162 Å². The van der Waals surface area contributed by atoms with E-state index in [2.05, 4.69) is 10.3 Å². The fraction of sp³-hybridized carbons (Fsp3) is 0.0833. The van der Waals surface area contributed by atoms with Crippen molar-refractivity contribution in [1.82, 2.24) is 10.3 Å². The molecule has 3 nitrogen and oxygen atoms in total. The van der Waals surface area contributed by atoms with Gasteiger partial charge in [0.05, 0.1) is 16.8 Å². The summed E-state index contributed by atoms with van der Waals surface area (Å²) in [6.07, 6.45) is 0. The quantitative estimate of drug-likeness (QED) is 0.531. The first kappa shape index (κ1) is 17.9. The summed E-state index contributed by atoms with van der Waals surface area (Å²) in [7, 11) is 0. The van der Waals surface area contributed by atoms with Crippen molar-refractivity contribution >= 4 is 16.8 Å². The van der Waals surface area contributed by atoms with Gasteiger partial charge >= 0.3 is 0 Å². The molecule has 4 heteroatoms. The highest BCUT2D eigenvalue weighted by Crippen LogP contribution is 2.33. The molecule has 4 aromatic rings. The molecule has 0 spiro atoms. The number of fused-ring (bicyclic) bond motifs is 1. The maximum Gasteiger partial charge on any atom is 0.254 e. The van der Waals surface area contributed by atoms with E-state index in [0.717, 1.165) is 22.0 Å². The van der Waals surface area contributed by atoms with Gasteiger partial charge in [0.15, 0.2) is 0 Å². The fourth-order valence-corrected chi connectivity index (χ4v) is 3.43. The number of carbonyl (C=O) groups is 1. The maximum absolute atomic E-state index is 13.4. The van der Waals surface area contributed by atoms with E-state index in [-0.39, 0.29) is 18.3 Å². The molecule has 0 radical (unpaired) electrons. The van der Waals surface area contributed by atoms with Gasteiger partial charge in [-0.05, 0) is 36.2 Å². The van der Waals surface area contributed by atoms with E-state index in [1.54, 1.807) is 12.1 Å². The largest absolute Gasteiger partial charge is 0.348 e. The van der Waals surface area contributed by atoms with Gasteiger partial charge in [0.1, 0.15) is 5.82 Å². The van der Waals surface area contributed by atoms with E-state index < -0.39 is 0 Å². The third kappa shape index (κ3) is 3.49. The summed E-state index contributed by atoms with van der Waals surface area (Å²) in [5.74, 6) is -0.542. The van der Waals surface area contributed by atoms with Gasteiger partial charge in [-0.3, -0.25) is 9.78 Å². The smallest absolute Gasteiger partial charge is 0.254 e. The number of hydrogen-bond donors (Lipinski definition) is 1. The Morgan fingerprint density at radius 2 is 1.71 bits per heavy atom. The van der Waals surface area contributed by atoms with E-state index in [4.69, 9.17) is 0 Å². The van der Waals surface area contributed by atoms with Crippen LogP contribution in [0.25, 0.3) is 22.0 Å². The van der Waals surface area contributed by atoms with Crippen LogP contribution in [0.2, 0.25) is 0 Å². The van der Waals surface area contributed by atoms with Gasteiger partial charge in [0, 0.05) is 17.5 Å². The third-order valence-corrected chi connectivity index (χ3v) is 4.70. The van der Waals surface area contributed by atoms with Crippen LogP contribution in [0, 0.1) is 12.7 Å². The molecular weight excluding hydrogens is 351 g/mol. The molecule has 4 rings (SSSR count). The number of nitrogens with one attached hydrogen (secondary N) is 1. The standard InChI is InChI=1S/C24H19FN2O/c1-16-22(24(28)26-15-17-8-7-11-19(25)14-17)23(18-9-3-2-4-10-18)20-12-5-6-13-21(20)27-16/h2-14H,15H2,1H3,(H,26,28). The number of rotatable bonds is 4. The number of halogens is 1. The molecule has 0 fully saturated rings. The predicted octanol–water partition coefficient (Wildman–Crippen LogP) is 5.28. The molecule has 0 saturated carbocycles. The summed E-state index contributed by atoms with van der Waals surface area (Å²) in [4.78, 5) is 17.7. The second-order valence-corrected chi connectivity index (χ2v) is 6.64. The molecule has 0 aliphatic carbocycles. The lowest BCUT2D eigenvalue weighted by Gasteiger charge is -2.16. The molecule has 28 heavy (non-hydrogen) atoms. The first-order chi connectivity index (χ1) is 13.6. The highest BCUT2D eigenvalue weighted by Gasteiger charge is 2.20. The van der Waals surface area contributed by atoms with Gasteiger partial charge < -0.3 is 5.32 Å². The molecule has 3 aromatic carbocycles. The van der Waals surface area contributed by atoms with Crippen molar-refractivity contribution in [2.45, 2.75) is 13.5 Å². The molecule has 1 heterocycles. The van der Waals surface area contributed by atoms with Crippen molar-refractivity contribution in [3.05, 3.63) is 102 Å². The predicted molar refractivity (Wildman–Crippen MR) is 109 cm³/mol. The second-order valence-electron chi connectivity index (χ2n) is 6.64. The molecule has 1 aromatic heterocycles. The number of amides is 1. The highest BCUT2D eigenvalue weighted by atomic mass is 19.1. The lowest BCUT2D eigenvalue weighted by Crippen LogP contribution is -2.25. The van der Waals surface area contributed by atoms with Gasteiger partial charge in [0.25, 0.3) is 5.91 Å². The van der Waals surface area contributed by atoms with Gasteiger partial charge in [-0.25, -0.2) is 4.39 Å². The Kier molecular flexibility index (Phi) is 4.85. The molecule has 0 aliphatic heterocycles. The van der Waals surface area contributed by atoms with E-state index in [0.29, 0.717) is 16.8 Å². The Hall–Kier alpha value is -3.53. The monoisotopic (exact) mass is 370 g/mol. The van der Waals surface area contributed by atoms with Gasteiger partial charge in [-0.1, -0.05) is 60.7 Å². The Morgan fingerprint density at radius 1 is 0.964 bits per heavy atom. The van der Waals surface area contributed by atoms with E-state index in [1.165, 1.54) is 12.1 Å². The van der Waals surface area contributed by atoms with E-state index in [1.807, 2.05) is 61.5 Å². The number of nitrogens with zero attached hydrogens (tertiary/aromatic N) is 1. The number of aryl methyl sites for hydroxylation is 1. The van der Waals surface area contributed by atoms with Gasteiger partial charge in [0.2, 0.25) is 0 Å². The summed E-state index contributed by atoms with van der Waals surface area (Å²) < 4.78 is 13.4. The summed E-state index contributed by atoms with van der Waals surface area (Å²) in [6, 6.07) is 23.9. The number of carbonyl (C=O) groups excluding carboxylic acids is 1. The minimum absolute atomic E-state index is 0.223. The van der Waals surface area contributed by atoms with Crippen molar-refractivity contribution in [2.75, 3.05) is 0 Å². The molecule has 0 aliphatic rings. The number of aromatic nitrogens is 1. The van der Waals surface area contributed by atoms with Crippen LogP contribution in [0.4, 0.5) is 4.39 Å². The van der Waals surface area contributed by atoms with E-state index in [9.17, 15) is 9.18 Å². The lowest BCUT2D eigenvalue weighted by atomic mass is 9.94. The molecule has 138 valence electrons. The Morgan fingerprint density at radius 3 is 2.50 bits per heavy atom. The summed E-state index contributed by atoms with van der Waals surface area (Å²) in [5.41, 5.74) is 4.58. The van der Waals surface area contributed by atoms with Crippen LogP contribution in [-0.2, 0) is 6.54 Å². The Balaban J connectivity index is 1.79. The zero-order valence-corrected chi connectivity index (χ0v) is 15.4. The average Bonchev–Trinajstić information content (AvgIpc) is 2.71. The number of benzene rings is 3. The lowest BCUT2D eigenvalue weighted by molar-refractivity contribution is 0.0950. The molecule has 1 amide bonds. The minimum atomic E-state index is -0.319. The number of hydrogen-bond acceptors (Lipinski definition) is 2. The zero-order chi connectivity index (χ0) is 19.5. The minimum Gasteiger partial charge on any atom is -0.348 e. The third-order valence-electron chi connectivity index (χ3n) is 4.70. The van der Waals surface area contributed by atoms with Crippen molar-refractivity contribution in [3.63, 3.8) is 0 Å². The van der Waals surface area contributed by atoms with Crippen LogP contribution in [0.5, 0.6) is 0 Å². The van der Waals surface area contributed by atoms with Gasteiger partial charge in [-0.15, -0.1) is 0 Å². The summed E-state index contributed by atoms with van der Waals surface area (Å²) in [5, 5.41) is 3.84. The first-order valence-corrected chi connectivity index (χ1v) is 9.11. The highest BCUT2D eigenvalue weighted by molar-refractivity contribution is 6.09. The second kappa shape index (κ2) is 7.61. The topological polar surface area (TPSA) is 42.0 Å².